The highest BCUT2D eigenvalue weighted by molar-refractivity contribution is 6.33. The van der Waals surface area contributed by atoms with Crippen molar-refractivity contribution in [2.24, 2.45) is 0 Å². The minimum absolute atomic E-state index is 0.0548. The lowest BCUT2D eigenvalue weighted by molar-refractivity contribution is -0.101. The third-order valence-corrected chi connectivity index (χ3v) is 3.45. The fourth-order valence-electron chi connectivity index (χ4n) is 2.52. The van der Waals surface area contributed by atoms with E-state index < -0.39 is 5.60 Å². The molecule has 1 unspecified atom stereocenters. The molecule has 0 aromatic heterocycles. The van der Waals surface area contributed by atoms with Gasteiger partial charge in [0.15, 0.2) is 6.29 Å². The second-order valence-electron chi connectivity index (χ2n) is 5.36. The van der Waals surface area contributed by atoms with E-state index in [2.05, 4.69) is 0 Å². The van der Waals surface area contributed by atoms with Gasteiger partial charge in [-0.1, -0.05) is 17.7 Å². The van der Waals surface area contributed by atoms with Crippen molar-refractivity contribution in [3.63, 3.8) is 0 Å². The standard InChI is InChI=1S/C14H18ClNO3/c1-14(2)9-16(6-11(8-18)19-14)13-10(7-17)4-3-5-12(13)15/h3-5,7,11,18H,6,8-9H2,1-2H3. The van der Waals surface area contributed by atoms with Crippen LogP contribution in [0.1, 0.15) is 24.2 Å². The third kappa shape index (κ3) is 3.08. The summed E-state index contributed by atoms with van der Waals surface area (Å²) in [7, 11) is 0. The predicted octanol–water partition coefficient (Wildman–Crippen LogP) is 2.13. The highest BCUT2D eigenvalue weighted by atomic mass is 35.5. The zero-order valence-electron chi connectivity index (χ0n) is 11.1. The number of nitrogens with zero attached hydrogens (tertiary/aromatic N) is 1. The van der Waals surface area contributed by atoms with Gasteiger partial charge in [-0.05, 0) is 26.0 Å². The Bertz CT molecular complexity index is 476. The van der Waals surface area contributed by atoms with Gasteiger partial charge in [-0.15, -0.1) is 0 Å². The number of anilines is 1. The lowest BCUT2D eigenvalue weighted by Gasteiger charge is -2.44. The van der Waals surface area contributed by atoms with E-state index in [4.69, 9.17) is 16.3 Å². The number of benzene rings is 1. The molecule has 0 bridgehead atoms. The number of carbonyl (C=O) groups excluding carboxylic acids is 1. The first kappa shape index (κ1) is 14.3. The highest BCUT2D eigenvalue weighted by Gasteiger charge is 2.34. The van der Waals surface area contributed by atoms with E-state index in [0.717, 1.165) is 6.29 Å². The molecule has 0 saturated carbocycles. The number of halogens is 1. The molecule has 1 fully saturated rings. The van der Waals surface area contributed by atoms with Crippen molar-refractivity contribution in [1.82, 2.24) is 0 Å². The lowest BCUT2D eigenvalue weighted by Crippen LogP contribution is -2.54. The van der Waals surface area contributed by atoms with Crippen molar-refractivity contribution in [2.45, 2.75) is 25.6 Å². The molecule has 5 heteroatoms. The summed E-state index contributed by atoms with van der Waals surface area (Å²) in [6, 6.07) is 5.26. The van der Waals surface area contributed by atoms with Crippen molar-refractivity contribution in [3.05, 3.63) is 28.8 Å². The fourth-order valence-corrected chi connectivity index (χ4v) is 2.82. The number of para-hydroxylation sites is 1. The minimum atomic E-state index is -0.398. The molecule has 0 aliphatic carbocycles. The Kier molecular flexibility index (Phi) is 4.13. The third-order valence-electron chi connectivity index (χ3n) is 3.15. The zero-order chi connectivity index (χ0) is 14.0. The maximum absolute atomic E-state index is 11.2. The highest BCUT2D eigenvalue weighted by Crippen LogP contribution is 2.33. The van der Waals surface area contributed by atoms with Crippen molar-refractivity contribution in [3.8, 4) is 0 Å². The van der Waals surface area contributed by atoms with E-state index in [9.17, 15) is 9.90 Å². The second-order valence-corrected chi connectivity index (χ2v) is 5.77. The monoisotopic (exact) mass is 283 g/mol. The van der Waals surface area contributed by atoms with Crippen LogP contribution in [0.4, 0.5) is 5.69 Å². The van der Waals surface area contributed by atoms with Crippen molar-refractivity contribution in [2.75, 3.05) is 24.6 Å². The summed E-state index contributed by atoms with van der Waals surface area (Å²) in [5.41, 5.74) is 0.876. The number of hydrogen-bond donors (Lipinski definition) is 1. The molecule has 0 spiro atoms. The average Bonchev–Trinajstić information content (AvgIpc) is 2.36. The van der Waals surface area contributed by atoms with E-state index in [1.54, 1.807) is 18.2 Å². The number of aldehydes is 1. The van der Waals surface area contributed by atoms with Crippen LogP contribution in [0.15, 0.2) is 18.2 Å². The molecule has 0 amide bonds. The first-order valence-electron chi connectivity index (χ1n) is 6.24. The normalized spacial score (nSPS) is 22.3. The Morgan fingerprint density at radius 3 is 2.95 bits per heavy atom. The molecule has 1 saturated heterocycles. The van der Waals surface area contributed by atoms with E-state index in [1.807, 2.05) is 18.7 Å². The minimum Gasteiger partial charge on any atom is -0.394 e. The summed E-state index contributed by atoms with van der Waals surface area (Å²) in [5.74, 6) is 0. The average molecular weight is 284 g/mol. The molecule has 104 valence electrons. The molecule has 1 aliphatic heterocycles. The zero-order valence-corrected chi connectivity index (χ0v) is 11.9. The van der Waals surface area contributed by atoms with Crippen LogP contribution < -0.4 is 4.90 Å². The first-order valence-corrected chi connectivity index (χ1v) is 6.62. The predicted molar refractivity (Wildman–Crippen MR) is 75.1 cm³/mol. The van der Waals surface area contributed by atoms with Gasteiger partial charge in [-0.2, -0.15) is 0 Å². The lowest BCUT2D eigenvalue weighted by atomic mass is 10.0. The molecule has 1 aromatic rings. The van der Waals surface area contributed by atoms with E-state index >= 15 is 0 Å². The van der Waals surface area contributed by atoms with Crippen LogP contribution >= 0.6 is 11.6 Å². The van der Waals surface area contributed by atoms with Gasteiger partial charge in [-0.3, -0.25) is 4.79 Å². The maximum atomic E-state index is 11.2. The van der Waals surface area contributed by atoms with Crippen molar-refractivity contribution in [1.29, 1.82) is 0 Å². The van der Waals surface area contributed by atoms with Crippen LogP contribution in [0.2, 0.25) is 5.02 Å². The number of rotatable bonds is 3. The molecule has 1 atom stereocenters. The first-order chi connectivity index (χ1) is 8.96. The van der Waals surface area contributed by atoms with Crippen LogP contribution in [0.5, 0.6) is 0 Å². The van der Waals surface area contributed by atoms with E-state index in [1.165, 1.54) is 0 Å². The van der Waals surface area contributed by atoms with Gasteiger partial charge >= 0.3 is 0 Å². The molecule has 1 N–H and O–H groups in total. The SMILES string of the molecule is CC1(C)CN(c2c(Cl)cccc2C=O)CC(CO)O1. The largest absolute Gasteiger partial charge is 0.394 e. The molecule has 2 rings (SSSR count). The van der Waals surface area contributed by atoms with Crippen LogP contribution in [0.3, 0.4) is 0 Å². The topological polar surface area (TPSA) is 49.8 Å². The van der Waals surface area contributed by atoms with Gasteiger partial charge in [0.05, 0.1) is 29.0 Å². The van der Waals surface area contributed by atoms with Crippen LogP contribution in [0, 0.1) is 0 Å². The summed E-state index contributed by atoms with van der Waals surface area (Å²) < 4.78 is 5.76. The summed E-state index contributed by atoms with van der Waals surface area (Å²) in [6.07, 6.45) is 0.525. The number of aliphatic hydroxyl groups is 1. The van der Waals surface area contributed by atoms with Crippen LogP contribution in [-0.4, -0.2) is 42.8 Å². The van der Waals surface area contributed by atoms with E-state index in [-0.39, 0.29) is 12.7 Å². The molecule has 0 radical (unpaired) electrons. The van der Waals surface area contributed by atoms with Gasteiger partial charge in [0, 0.05) is 18.7 Å². The molecule has 1 heterocycles. The summed E-state index contributed by atoms with van der Waals surface area (Å²) in [4.78, 5) is 13.2. The second kappa shape index (κ2) is 5.49. The van der Waals surface area contributed by atoms with Crippen molar-refractivity contribution >= 4 is 23.6 Å². The number of morpholine rings is 1. The molecular formula is C14H18ClNO3. The smallest absolute Gasteiger partial charge is 0.152 e. The Balaban J connectivity index is 2.38. The van der Waals surface area contributed by atoms with E-state index in [0.29, 0.717) is 29.4 Å². The van der Waals surface area contributed by atoms with Gasteiger partial charge in [-0.25, -0.2) is 0 Å². The van der Waals surface area contributed by atoms with Gasteiger partial charge in [0.2, 0.25) is 0 Å². The van der Waals surface area contributed by atoms with Gasteiger partial charge in [0.25, 0.3) is 0 Å². The van der Waals surface area contributed by atoms with Gasteiger partial charge in [0.1, 0.15) is 0 Å². The number of ether oxygens (including phenoxy) is 1. The summed E-state index contributed by atoms with van der Waals surface area (Å²) in [6.45, 7) is 5.00. The molecule has 19 heavy (non-hydrogen) atoms. The fraction of sp³-hybridized carbons (Fsp3) is 0.500. The Labute approximate surface area is 117 Å². The van der Waals surface area contributed by atoms with Crippen LogP contribution in [0.25, 0.3) is 0 Å². The summed E-state index contributed by atoms with van der Waals surface area (Å²) in [5, 5.41) is 9.87. The molecule has 1 aromatic carbocycles. The molecule has 4 nitrogen and oxygen atoms in total. The number of carbonyl (C=O) groups is 1. The van der Waals surface area contributed by atoms with Gasteiger partial charge < -0.3 is 14.7 Å². The quantitative estimate of drug-likeness (QED) is 0.864. The number of hydrogen-bond acceptors (Lipinski definition) is 4. The van der Waals surface area contributed by atoms with Crippen molar-refractivity contribution < 1.29 is 14.6 Å². The Morgan fingerprint density at radius 1 is 1.58 bits per heavy atom. The molecular weight excluding hydrogens is 266 g/mol. The molecule has 1 aliphatic rings. The number of aliphatic hydroxyl groups excluding tert-OH is 1. The Hall–Kier alpha value is -1.10. The Morgan fingerprint density at radius 2 is 2.32 bits per heavy atom. The summed E-state index contributed by atoms with van der Waals surface area (Å²) >= 11 is 6.22. The van der Waals surface area contributed by atoms with Crippen LogP contribution in [-0.2, 0) is 4.74 Å². The maximum Gasteiger partial charge on any atom is 0.152 e.